The van der Waals surface area contributed by atoms with Crippen LogP contribution in [-0.4, -0.2) is 24.9 Å². The molecule has 0 spiro atoms. The second kappa shape index (κ2) is 7.53. The number of hydrogen-bond acceptors (Lipinski definition) is 5. The molecule has 2 aromatic rings. The minimum atomic E-state index is -0.278. The van der Waals surface area contributed by atoms with E-state index in [0.29, 0.717) is 12.4 Å². The van der Waals surface area contributed by atoms with E-state index in [2.05, 4.69) is 5.32 Å². The molecule has 1 heterocycles. The third-order valence-corrected chi connectivity index (χ3v) is 4.95. The third-order valence-electron chi connectivity index (χ3n) is 3.69. The van der Waals surface area contributed by atoms with Gasteiger partial charge in [-0.3, -0.25) is 10.1 Å². The third kappa shape index (κ3) is 4.06. The average molecular weight is 329 g/mol. The predicted octanol–water partition coefficient (Wildman–Crippen LogP) is 3.14. The van der Waals surface area contributed by atoms with Crippen LogP contribution in [0.2, 0.25) is 0 Å². The zero-order chi connectivity index (χ0) is 16.1. The van der Waals surface area contributed by atoms with Gasteiger partial charge in [-0.25, -0.2) is 0 Å². The van der Waals surface area contributed by atoms with E-state index in [1.807, 2.05) is 54.6 Å². The average Bonchev–Trinajstić information content (AvgIpc) is 3.11. The molecule has 0 radical (unpaired) electrons. The topological polar surface area (TPSA) is 47.6 Å². The molecular formula is C18H19NO3S. The SMILES string of the molecule is COc1cccc(C2NC(C(=O)OCc3ccccc3)CS2)c1. The number of carbonyl (C=O) groups is 1. The maximum absolute atomic E-state index is 12.2. The van der Waals surface area contributed by atoms with Gasteiger partial charge in [-0.15, -0.1) is 11.8 Å². The largest absolute Gasteiger partial charge is 0.497 e. The lowest BCUT2D eigenvalue weighted by Gasteiger charge is -2.14. The predicted molar refractivity (Wildman–Crippen MR) is 91.4 cm³/mol. The van der Waals surface area contributed by atoms with Crippen LogP contribution in [0.25, 0.3) is 0 Å². The first-order valence-electron chi connectivity index (χ1n) is 7.48. The van der Waals surface area contributed by atoms with Crippen molar-refractivity contribution in [2.24, 2.45) is 0 Å². The molecule has 1 N–H and O–H groups in total. The monoisotopic (exact) mass is 329 g/mol. The first-order valence-corrected chi connectivity index (χ1v) is 8.53. The second-order valence-corrected chi connectivity index (χ2v) is 6.44. The van der Waals surface area contributed by atoms with E-state index in [1.165, 1.54) is 0 Å². The Morgan fingerprint density at radius 1 is 1.22 bits per heavy atom. The Morgan fingerprint density at radius 2 is 2.04 bits per heavy atom. The lowest BCUT2D eigenvalue weighted by atomic mass is 10.2. The van der Waals surface area contributed by atoms with E-state index in [-0.39, 0.29) is 17.4 Å². The number of methoxy groups -OCH3 is 1. The van der Waals surface area contributed by atoms with E-state index < -0.39 is 0 Å². The summed E-state index contributed by atoms with van der Waals surface area (Å²) in [5.41, 5.74) is 2.10. The number of hydrogen-bond donors (Lipinski definition) is 1. The van der Waals surface area contributed by atoms with Crippen LogP contribution in [0.15, 0.2) is 54.6 Å². The number of nitrogens with one attached hydrogen (secondary N) is 1. The highest BCUT2D eigenvalue weighted by Gasteiger charge is 2.31. The number of benzene rings is 2. The summed E-state index contributed by atoms with van der Waals surface area (Å²) < 4.78 is 10.6. The lowest BCUT2D eigenvalue weighted by Crippen LogP contribution is -2.35. The summed E-state index contributed by atoms with van der Waals surface area (Å²) in [5.74, 6) is 1.32. The van der Waals surface area contributed by atoms with Crippen molar-refractivity contribution in [3.05, 3.63) is 65.7 Å². The molecule has 0 bridgehead atoms. The lowest BCUT2D eigenvalue weighted by molar-refractivity contribution is -0.146. The van der Waals surface area contributed by atoms with Crippen LogP contribution in [0.5, 0.6) is 5.75 Å². The van der Waals surface area contributed by atoms with Gasteiger partial charge in [0.2, 0.25) is 0 Å². The molecule has 23 heavy (non-hydrogen) atoms. The van der Waals surface area contributed by atoms with E-state index in [0.717, 1.165) is 16.9 Å². The molecule has 1 saturated heterocycles. The molecule has 0 aromatic heterocycles. The van der Waals surface area contributed by atoms with Crippen molar-refractivity contribution in [1.29, 1.82) is 0 Å². The zero-order valence-electron chi connectivity index (χ0n) is 12.9. The molecule has 1 aliphatic rings. The summed E-state index contributed by atoms with van der Waals surface area (Å²) in [4.78, 5) is 12.2. The molecular weight excluding hydrogens is 310 g/mol. The fraction of sp³-hybridized carbons (Fsp3) is 0.278. The van der Waals surface area contributed by atoms with Crippen molar-refractivity contribution >= 4 is 17.7 Å². The Hall–Kier alpha value is -1.98. The normalized spacial score (nSPS) is 20.2. The molecule has 4 nitrogen and oxygen atoms in total. The molecule has 5 heteroatoms. The second-order valence-electron chi connectivity index (χ2n) is 5.30. The Morgan fingerprint density at radius 3 is 2.83 bits per heavy atom. The summed E-state index contributed by atoms with van der Waals surface area (Å²) in [6.07, 6.45) is 0. The van der Waals surface area contributed by atoms with Crippen LogP contribution in [0, 0.1) is 0 Å². The van der Waals surface area contributed by atoms with Gasteiger partial charge in [0.15, 0.2) is 0 Å². The maximum atomic E-state index is 12.2. The van der Waals surface area contributed by atoms with Gasteiger partial charge in [-0.1, -0.05) is 42.5 Å². The van der Waals surface area contributed by atoms with Gasteiger partial charge in [0, 0.05) is 5.75 Å². The fourth-order valence-electron chi connectivity index (χ4n) is 2.43. The quantitative estimate of drug-likeness (QED) is 0.854. The van der Waals surface area contributed by atoms with Crippen molar-refractivity contribution in [3.8, 4) is 5.75 Å². The van der Waals surface area contributed by atoms with Crippen LogP contribution in [-0.2, 0) is 16.1 Å². The number of ether oxygens (including phenoxy) is 2. The molecule has 2 atom stereocenters. The van der Waals surface area contributed by atoms with Gasteiger partial charge in [0.1, 0.15) is 18.4 Å². The Kier molecular flexibility index (Phi) is 5.20. The van der Waals surface area contributed by atoms with E-state index in [4.69, 9.17) is 9.47 Å². The van der Waals surface area contributed by atoms with Gasteiger partial charge < -0.3 is 9.47 Å². The van der Waals surface area contributed by atoms with E-state index in [1.54, 1.807) is 18.9 Å². The summed E-state index contributed by atoms with van der Waals surface area (Å²) >= 11 is 1.71. The van der Waals surface area contributed by atoms with Gasteiger partial charge in [-0.05, 0) is 23.3 Å². The molecule has 0 aliphatic carbocycles. The molecule has 0 saturated carbocycles. The first-order chi connectivity index (χ1) is 11.3. The van der Waals surface area contributed by atoms with E-state index >= 15 is 0 Å². The highest BCUT2D eigenvalue weighted by Crippen LogP contribution is 2.34. The van der Waals surface area contributed by atoms with Crippen molar-refractivity contribution in [2.75, 3.05) is 12.9 Å². The minimum Gasteiger partial charge on any atom is -0.497 e. The number of carbonyl (C=O) groups excluding carboxylic acids is 1. The van der Waals surface area contributed by atoms with Crippen LogP contribution < -0.4 is 10.1 Å². The van der Waals surface area contributed by atoms with Gasteiger partial charge in [0.25, 0.3) is 0 Å². The summed E-state index contributed by atoms with van der Waals surface area (Å²) in [6.45, 7) is 0.312. The molecule has 2 aromatic carbocycles. The number of thioether (sulfide) groups is 1. The summed E-state index contributed by atoms with van der Waals surface area (Å²) in [7, 11) is 1.65. The van der Waals surface area contributed by atoms with Crippen molar-refractivity contribution in [1.82, 2.24) is 5.32 Å². The molecule has 1 fully saturated rings. The first kappa shape index (κ1) is 15.9. The van der Waals surface area contributed by atoms with Crippen LogP contribution >= 0.6 is 11.8 Å². The van der Waals surface area contributed by atoms with Crippen LogP contribution in [0.3, 0.4) is 0 Å². The Labute approximate surface area is 140 Å². The van der Waals surface area contributed by atoms with Crippen LogP contribution in [0.1, 0.15) is 16.5 Å². The number of rotatable bonds is 5. The maximum Gasteiger partial charge on any atom is 0.324 e. The minimum absolute atomic E-state index is 0.0828. The molecule has 2 unspecified atom stereocenters. The molecule has 3 rings (SSSR count). The smallest absolute Gasteiger partial charge is 0.324 e. The zero-order valence-corrected chi connectivity index (χ0v) is 13.7. The van der Waals surface area contributed by atoms with E-state index in [9.17, 15) is 4.79 Å². The van der Waals surface area contributed by atoms with Gasteiger partial charge in [0.05, 0.1) is 12.5 Å². The van der Waals surface area contributed by atoms with Gasteiger partial charge in [-0.2, -0.15) is 0 Å². The Bertz CT molecular complexity index is 662. The summed E-state index contributed by atoms with van der Waals surface area (Å²) in [6, 6.07) is 17.3. The van der Waals surface area contributed by atoms with Crippen LogP contribution in [0.4, 0.5) is 0 Å². The summed E-state index contributed by atoms with van der Waals surface area (Å²) in [5, 5.41) is 3.41. The highest BCUT2D eigenvalue weighted by atomic mass is 32.2. The van der Waals surface area contributed by atoms with Crippen molar-refractivity contribution in [3.63, 3.8) is 0 Å². The standard InChI is InChI=1S/C18H19NO3S/c1-21-15-9-5-8-14(10-15)17-19-16(12-23-17)18(20)22-11-13-6-3-2-4-7-13/h2-10,16-17,19H,11-12H2,1H3. The molecule has 1 aliphatic heterocycles. The fourth-order valence-corrected chi connectivity index (χ4v) is 3.65. The molecule has 0 amide bonds. The number of esters is 1. The van der Waals surface area contributed by atoms with Crippen molar-refractivity contribution in [2.45, 2.75) is 18.0 Å². The Balaban J connectivity index is 1.55. The van der Waals surface area contributed by atoms with Crippen molar-refractivity contribution < 1.29 is 14.3 Å². The molecule has 120 valence electrons. The highest BCUT2D eigenvalue weighted by molar-refractivity contribution is 7.99. The van der Waals surface area contributed by atoms with Gasteiger partial charge >= 0.3 is 5.97 Å².